The van der Waals surface area contributed by atoms with Crippen molar-refractivity contribution >= 4 is 23.4 Å². The van der Waals surface area contributed by atoms with Gasteiger partial charge in [0.15, 0.2) is 0 Å². The number of fused-ring (bicyclic) bond motifs is 1. The molecule has 3 aliphatic heterocycles. The first-order chi connectivity index (χ1) is 11.3. The van der Waals surface area contributed by atoms with Gasteiger partial charge in [0.1, 0.15) is 0 Å². The lowest BCUT2D eigenvalue weighted by atomic mass is 9.76. The Balaban J connectivity index is 1.33. The Labute approximate surface area is 149 Å². The minimum Gasteiger partial charge on any atom is -0.377 e. The SMILES string of the molecule is ClC1CCC(C2NNC(NC[C@@H]3CCCO3)C3SCCC23)CC1. The van der Waals surface area contributed by atoms with Crippen molar-refractivity contribution in [3.05, 3.63) is 0 Å². The molecule has 0 spiro atoms. The maximum absolute atomic E-state index is 6.30. The van der Waals surface area contributed by atoms with E-state index in [2.05, 4.69) is 27.9 Å². The normalized spacial score (nSPS) is 47.6. The molecular formula is C17H30ClN3OS. The van der Waals surface area contributed by atoms with Gasteiger partial charge in [-0.3, -0.25) is 10.7 Å². The largest absolute Gasteiger partial charge is 0.377 e. The first kappa shape index (κ1) is 16.9. The molecule has 3 saturated heterocycles. The Bertz CT molecular complexity index is 388. The third kappa shape index (κ3) is 3.85. The molecule has 1 saturated carbocycles. The first-order valence-corrected chi connectivity index (χ1v) is 10.9. The van der Waals surface area contributed by atoms with Gasteiger partial charge < -0.3 is 4.74 Å². The zero-order valence-electron chi connectivity index (χ0n) is 13.8. The van der Waals surface area contributed by atoms with E-state index in [9.17, 15) is 0 Å². The molecule has 3 heterocycles. The summed E-state index contributed by atoms with van der Waals surface area (Å²) >= 11 is 8.45. The number of alkyl halides is 1. The Morgan fingerprint density at radius 2 is 1.96 bits per heavy atom. The number of hydrazine groups is 1. The molecule has 4 unspecified atom stereocenters. The monoisotopic (exact) mass is 359 g/mol. The summed E-state index contributed by atoms with van der Waals surface area (Å²) in [4.78, 5) is 0. The van der Waals surface area contributed by atoms with Crippen molar-refractivity contribution in [1.82, 2.24) is 16.2 Å². The summed E-state index contributed by atoms with van der Waals surface area (Å²) in [6, 6.07) is 0.625. The van der Waals surface area contributed by atoms with Crippen LogP contribution in [0.15, 0.2) is 0 Å². The molecule has 0 amide bonds. The molecule has 4 nitrogen and oxygen atoms in total. The van der Waals surface area contributed by atoms with Gasteiger partial charge in [-0.15, -0.1) is 11.6 Å². The molecule has 132 valence electrons. The maximum atomic E-state index is 6.30. The number of ether oxygens (including phenoxy) is 1. The molecule has 0 aromatic carbocycles. The van der Waals surface area contributed by atoms with Crippen LogP contribution in [0, 0.1) is 11.8 Å². The Hall–Kier alpha value is 0.480. The summed E-state index contributed by atoms with van der Waals surface area (Å²) in [7, 11) is 0. The van der Waals surface area contributed by atoms with E-state index in [1.807, 2.05) is 0 Å². The van der Waals surface area contributed by atoms with Gasteiger partial charge in [0.25, 0.3) is 0 Å². The van der Waals surface area contributed by atoms with Crippen LogP contribution >= 0.6 is 23.4 Å². The van der Waals surface area contributed by atoms with Gasteiger partial charge in [-0.1, -0.05) is 0 Å². The second kappa shape index (κ2) is 7.79. The zero-order chi connectivity index (χ0) is 15.6. The van der Waals surface area contributed by atoms with Crippen LogP contribution in [0.1, 0.15) is 44.9 Å². The van der Waals surface area contributed by atoms with E-state index in [0.717, 1.165) is 25.0 Å². The third-order valence-corrected chi connectivity index (χ3v) is 8.09. The van der Waals surface area contributed by atoms with Gasteiger partial charge in [0.05, 0.1) is 12.3 Å². The molecule has 0 radical (unpaired) electrons. The van der Waals surface area contributed by atoms with E-state index >= 15 is 0 Å². The molecule has 0 bridgehead atoms. The lowest BCUT2D eigenvalue weighted by molar-refractivity contribution is 0.0879. The highest BCUT2D eigenvalue weighted by molar-refractivity contribution is 8.00. The van der Waals surface area contributed by atoms with Crippen molar-refractivity contribution in [2.45, 2.75) is 73.9 Å². The first-order valence-electron chi connectivity index (χ1n) is 9.43. The molecular weight excluding hydrogens is 330 g/mol. The third-order valence-electron chi connectivity index (χ3n) is 6.18. The number of halogens is 1. The maximum Gasteiger partial charge on any atom is 0.0828 e. The Morgan fingerprint density at radius 3 is 2.74 bits per heavy atom. The van der Waals surface area contributed by atoms with Crippen molar-refractivity contribution < 1.29 is 4.74 Å². The minimum atomic E-state index is 0.373. The predicted octanol–water partition coefficient (Wildman–Crippen LogP) is 2.48. The van der Waals surface area contributed by atoms with E-state index in [-0.39, 0.29) is 0 Å². The van der Waals surface area contributed by atoms with Crippen LogP contribution in [0.3, 0.4) is 0 Å². The average molecular weight is 360 g/mol. The van der Waals surface area contributed by atoms with Crippen LogP contribution in [-0.4, -0.2) is 47.8 Å². The molecule has 0 aromatic rings. The molecule has 0 aromatic heterocycles. The number of nitrogens with one attached hydrogen (secondary N) is 3. The molecule has 6 heteroatoms. The van der Waals surface area contributed by atoms with Crippen molar-refractivity contribution in [2.75, 3.05) is 18.9 Å². The van der Waals surface area contributed by atoms with Gasteiger partial charge in [-0.05, 0) is 62.5 Å². The van der Waals surface area contributed by atoms with Crippen LogP contribution in [0.25, 0.3) is 0 Å². The van der Waals surface area contributed by atoms with Crippen LogP contribution in [0.5, 0.6) is 0 Å². The number of rotatable bonds is 4. The van der Waals surface area contributed by atoms with Crippen molar-refractivity contribution in [3.63, 3.8) is 0 Å². The molecule has 4 fully saturated rings. The predicted molar refractivity (Wildman–Crippen MR) is 96.8 cm³/mol. The number of hydrogen-bond acceptors (Lipinski definition) is 5. The topological polar surface area (TPSA) is 45.3 Å². The fraction of sp³-hybridized carbons (Fsp3) is 1.00. The highest BCUT2D eigenvalue weighted by Gasteiger charge is 2.45. The highest BCUT2D eigenvalue weighted by atomic mass is 35.5. The quantitative estimate of drug-likeness (QED) is 0.673. The summed E-state index contributed by atoms with van der Waals surface area (Å²) in [6.07, 6.45) is 9.52. The summed E-state index contributed by atoms with van der Waals surface area (Å²) in [5, 5.41) is 4.83. The van der Waals surface area contributed by atoms with Gasteiger partial charge >= 0.3 is 0 Å². The number of thioether (sulfide) groups is 1. The van der Waals surface area contributed by atoms with E-state index in [1.165, 1.54) is 50.7 Å². The van der Waals surface area contributed by atoms with Crippen molar-refractivity contribution in [2.24, 2.45) is 11.8 Å². The standard InChI is InChI=1S/C17H30ClN3OS/c18-12-5-3-11(4-6-12)15-14-7-9-23-16(14)17(21-20-15)19-10-13-2-1-8-22-13/h11-17,19-21H,1-10H2/t11?,12?,13-,14?,15?,16?,17?/m0/s1. The van der Waals surface area contributed by atoms with Gasteiger partial charge in [0.2, 0.25) is 0 Å². The molecule has 3 N–H and O–H groups in total. The zero-order valence-corrected chi connectivity index (χ0v) is 15.4. The lowest BCUT2D eigenvalue weighted by Crippen LogP contribution is -2.68. The van der Waals surface area contributed by atoms with Gasteiger partial charge in [-0.25, -0.2) is 5.43 Å². The lowest BCUT2D eigenvalue weighted by Gasteiger charge is -2.45. The van der Waals surface area contributed by atoms with E-state index in [4.69, 9.17) is 16.3 Å². The Morgan fingerprint density at radius 1 is 1.09 bits per heavy atom. The van der Waals surface area contributed by atoms with Crippen LogP contribution < -0.4 is 16.2 Å². The second-order valence-electron chi connectivity index (χ2n) is 7.64. The minimum absolute atomic E-state index is 0.373. The molecule has 23 heavy (non-hydrogen) atoms. The molecule has 1 aliphatic carbocycles. The highest BCUT2D eigenvalue weighted by Crippen LogP contribution is 2.43. The summed E-state index contributed by atoms with van der Waals surface area (Å²) in [6.45, 7) is 1.92. The van der Waals surface area contributed by atoms with E-state index in [0.29, 0.717) is 28.9 Å². The molecule has 4 rings (SSSR count). The van der Waals surface area contributed by atoms with Crippen molar-refractivity contribution in [3.8, 4) is 0 Å². The summed E-state index contributed by atoms with van der Waals surface area (Å²) < 4.78 is 5.75. The number of hydrogen-bond donors (Lipinski definition) is 3. The van der Waals surface area contributed by atoms with E-state index < -0.39 is 0 Å². The molecule has 5 atom stereocenters. The summed E-state index contributed by atoms with van der Waals surface area (Å²) in [5.74, 6) is 2.89. The van der Waals surface area contributed by atoms with E-state index in [1.54, 1.807) is 0 Å². The van der Waals surface area contributed by atoms with Crippen LogP contribution in [-0.2, 0) is 4.74 Å². The van der Waals surface area contributed by atoms with Gasteiger partial charge in [0, 0.05) is 29.8 Å². The summed E-state index contributed by atoms with van der Waals surface area (Å²) in [5.41, 5.74) is 7.29. The average Bonchev–Trinajstić information content (AvgIpc) is 3.25. The Kier molecular flexibility index (Phi) is 5.73. The fourth-order valence-electron chi connectivity index (χ4n) is 4.87. The van der Waals surface area contributed by atoms with Crippen LogP contribution in [0.2, 0.25) is 0 Å². The molecule has 4 aliphatic rings. The van der Waals surface area contributed by atoms with Crippen LogP contribution in [0.4, 0.5) is 0 Å². The fourth-order valence-corrected chi connectivity index (χ4v) is 6.71. The second-order valence-corrected chi connectivity index (χ2v) is 9.54. The smallest absolute Gasteiger partial charge is 0.0828 e. The van der Waals surface area contributed by atoms with Crippen molar-refractivity contribution in [1.29, 1.82) is 0 Å². The van der Waals surface area contributed by atoms with Gasteiger partial charge in [-0.2, -0.15) is 11.8 Å².